The smallest absolute Gasteiger partial charge is 0.425 e. The molecule has 1 atom stereocenters. The number of hydrogen-bond donors (Lipinski definition) is 1. The highest BCUT2D eigenvalue weighted by atomic mass is 19.4. The molecule has 8 nitrogen and oxygen atoms in total. The number of para-hydroxylation sites is 1. The zero-order valence-corrected chi connectivity index (χ0v) is 20.8. The van der Waals surface area contributed by atoms with Gasteiger partial charge in [-0.1, -0.05) is 24.3 Å². The summed E-state index contributed by atoms with van der Waals surface area (Å²) in [5.41, 5.74) is -1.98. The van der Waals surface area contributed by atoms with Gasteiger partial charge in [0.1, 0.15) is 11.2 Å². The normalized spacial score (nSPS) is 13.4. The predicted molar refractivity (Wildman–Crippen MR) is 127 cm³/mol. The van der Waals surface area contributed by atoms with Gasteiger partial charge in [0.15, 0.2) is 11.9 Å². The van der Waals surface area contributed by atoms with E-state index in [4.69, 9.17) is 9.47 Å². The van der Waals surface area contributed by atoms with Gasteiger partial charge < -0.3 is 14.6 Å². The van der Waals surface area contributed by atoms with Crippen LogP contribution in [0.1, 0.15) is 53.2 Å². The Labute approximate surface area is 206 Å². The Morgan fingerprint density at radius 2 is 1.44 bits per heavy atom. The number of imide groups is 1. The summed E-state index contributed by atoms with van der Waals surface area (Å²) >= 11 is 0. The van der Waals surface area contributed by atoms with Crippen molar-refractivity contribution < 1.29 is 37.3 Å². The molecule has 2 aromatic carbocycles. The first-order valence-electron chi connectivity index (χ1n) is 11.1. The molecule has 1 aromatic heterocycles. The van der Waals surface area contributed by atoms with Crippen LogP contribution in [0.5, 0.6) is 0 Å². The molecule has 2 amide bonds. The number of aromatic nitrogens is 2. The lowest BCUT2D eigenvalue weighted by Crippen LogP contribution is -2.44. The molecular weight excluding hydrogens is 479 g/mol. The number of halogens is 3. The molecule has 3 aromatic rings. The topological polar surface area (TPSA) is 93.9 Å². The number of nitrogens with zero attached hydrogens (tertiary/aromatic N) is 3. The van der Waals surface area contributed by atoms with E-state index in [0.29, 0.717) is 10.6 Å². The second-order valence-electron chi connectivity index (χ2n) is 10.1. The molecule has 0 saturated heterocycles. The Bertz CT molecular complexity index is 1230. The summed E-state index contributed by atoms with van der Waals surface area (Å²) in [5, 5.41) is 14.3. The standard InChI is InChI=1S/C25H28F3N3O5/c1-23(2,3)35-21(33)30(22(34)36-24(4,5)6)20-17-13-12-15(19(32)25(26,27)28)14-18(17)29-31(20)16-10-8-7-9-11-16/h7-14,19,32H,1-6H3. The molecule has 0 spiro atoms. The van der Waals surface area contributed by atoms with Crippen LogP contribution in [0.25, 0.3) is 16.6 Å². The van der Waals surface area contributed by atoms with E-state index in [1.54, 1.807) is 71.9 Å². The number of alkyl halides is 3. The molecule has 0 aliphatic carbocycles. The summed E-state index contributed by atoms with van der Waals surface area (Å²) in [6.45, 7) is 9.72. The van der Waals surface area contributed by atoms with Crippen molar-refractivity contribution >= 4 is 28.9 Å². The van der Waals surface area contributed by atoms with Gasteiger partial charge >= 0.3 is 18.4 Å². The van der Waals surface area contributed by atoms with Crippen molar-refractivity contribution in [3.05, 3.63) is 54.1 Å². The zero-order chi connectivity index (χ0) is 27.1. The van der Waals surface area contributed by atoms with Crippen LogP contribution in [0.4, 0.5) is 28.6 Å². The number of hydrogen-bond acceptors (Lipinski definition) is 6. The van der Waals surface area contributed by atoms with Gasteiger partial charge in [0, 0.05) is 5.39 Å². The first-order valence-corrected chi connectivity index (χ1v) is 11.1. The molecule has 0 radical (unpaired) electrons. The van der Waals surface area contributed by atoms with E-state index in [9.17, 15) is 27.9 Å². The molecule has 1 unspecified atom stereocenters. The maximum atomic E-state index is 13.3. The van der Waals surface area contributed by atoms with Crippen LogP contribution in [0.2, 0.25) is 0 Å². The van der Waals surface area contributed by atoms with E-state index in [0.717, 1.165) is 12.1 Å². The lowest BCUT2D eigenvalue weighted by Gasteiger charge is -2.29. The number of rotatable bonds is 3. The van der Waals surface area contributed by atoms with Crippen molar-refractivity contribution in [3.8, 4) is 5.69 Å². The SMILES string of the molecule is CC(C)(C)OC(=O)N(C(=O)OC(C)(C)C)c1c2ccc(C(O)C(F)(F)F)cc2nn1-c1ccccc1. The summed E-state index contributed by atoms with van der Waals surface area (Å²) < 4.78 is 51.6. The summed E-state index contributed by atoms with van der Waals surface area (Å²) in [6, 6.07) is 11.8. The van der Waals surface area contributed by atoms with Crippen molar-refractivity contribution in [1.82, 2.24) is 9.78 Å². The number of amides is 2. The number of carbonyl (C=O) groups is 2. The van der Waals surface area contributed by atoms with Gasteiger partial charge in [-0.15, -0.1) is 0 Å². The minimum Gasteiger partial charge on any atom is -0.443 e. The highest BCUT2D eigenvalue weighted by Gasteiger charge is 2.40. The second-order valence-corrected chi connectivity index (χ2v) is 10.1. The summed E-state index contributed by atoms with van der Waals surface area (Å²) in [5.74, 6) is -0.0900. The summed E-state index contributed by atoms with van der Waals surface area (Å²) in [6.07, 6.45) is -9.75. The molecule has 36 heavy (non-hydrogen) atoms. The lowest BCUT2D eigenvalue weighted by atomic mass is 10.1. The fraction of sp³-hybridized carbons (Fsp3) is 0.400. The molecule has 0 saturated carbocycles. The number of ether oxygens (including phenoxy) is 2. The number of benzene rings is 2. The molecule has 0 aliphatic rings. The number of aliphatic hydroxyl groups is 1. The third kappa shape index (κ3) is 6.14. The third-order valence-corrected chi connectivity index (χ3v) is 4.66. The maximum absolute atomic E-state index is 13.3. The van der Waals surface area contributed by atoms with Crippen LogP contribution >= 0.6 is 0 Å². The minimum atomic E-state index is -4.89. The zero-order valence-electron chi connectivity index (χ0n) is 20.8. The van der Waals surface area contributed by atoms with Gasteiger partial charge in [0.2, 0.25) is 0 Å². The van der Waals surface area contributed by atoms with Crippen LogP contribution in [-0.4, -0.2) is 44.5 Å². The van der Waals surface area contributed by atoms with Gasteiger partial charge in [-0.05, 0) is 71.4 Å². The van der Waals surface area contributed by atoms with Crippen LogP contribution in [0.3, 0.4) is 0 Å². The Morgan fingerprint density at radius 1 is 0.917 bits per heavy atom. The van der Waals surface area contributed by atoms with Crippen LogP contribution in [0, 0.1) is 0 Å². The van der Waals surface area contributed by atoms with E-state index < -0.39 is 41.2 Å². The van der Waals surface area contributed by atoms with E-state index in [1.807, 2.05) is 0 Å². The van der Waals surface area contributed by atoms with Crippen LogP contribution in [-0.2, 0) is 9.47 Å². The maximum Gasteiger partial charge on any atom is 0.425 e. The molecule has 194 valence electrons. The van der Waals surface area contributed by atoms with Gasteiger partial charge in [-0.2, -0.15) is 23.2 Å². The van der Waals surface area contributed by atoms with Gasteiger partial charge in [0.25, 0.3) is 0 Å². The largest absolute Gasteiger partial charge is 0.443 e. The van der Waals surface area contributed by atoms with Gasteiger partial charge in [0.05, 0.1) is 11.2 Å². The number of aliphatic hydroxyl groups excluding tert-OH is 1. The quantitative estimate of drug-likeness (QED) is 0.447. The third-order valence-electron chi connectivity index (χ3n) is 4.66. The van der Waals surface area contributed by atoms with Crippen molar-refractivity contribution in [2.24, 2.45) is 0 Å². The molecule has 3 rings (SSSR count). The van der Waals surface area contributed by atoms with Gasteiger partial charge in [-0.3, -0.25) is 0 Å². The monoisotopic (exact) mass is 507 g/mol. The van der Waals surface area contributed by atoms with Crippen LogP contribution < -0.4 is 4.90 Å². The van der Waals surface area contributed by atoms with Gasteiger partial charge in [-0.25, -0.2) is 14.3 Å². The average Bonchev–Trinajstić information content (AvgIpc) is 3.09. The highest BCUT2D eigenvalue weighted by molar-refractivity contribution is 6.14. The highest BCUT2D eigenvalue weighted by Crippen LogP contribution is 2.37. The Morgan fingerprint density at radius 3 is 1.92 bits per heavy atom. The number of fused-ring (bicyclic) bond motifs is 1. The fourth-order valence-corrected chi connectivity index (χ4v) is 3.28. The van der Waals surface area contributed by atoms with Crippen molar-refractivity contribution in [1.29, 1.82) is 0 Å². The van der Waals surface area contributed by atoms with Crippen molar-refractivity contribution in [2.75, 3.05) is 4.90 Å². The Kier molecular flexibility index (Phi) is 7.09. The van der Waals surface area contributed by atoms with Crippen molar-refractivity contribution in [2.45, 2.75) is 65.0 Å². The van der Waals surface area contributed by atoms with E-state index in [-0.39, 0.29) is 16.7 Å². The summed E-state index contributed by atoms with van der Waals surface area (Å²) in [4.78, 5) is 27.2. The molecule has 1 heterocycles. The van der Waals surface area contributed by atoms with E-state index in [2.05, 4.69) is 5.10 Å². The Hall–Kier alpha value is -3.60. The molecule has 0 aliphatic heterocycles. The number of anilines is 1. The average molecular weight is 508 g/mol. The lowest BCUT2D eigenvalue weighted by molar-refractivity contribution is -0.206. The molecule has 0 bridgehead atoms. The first kappa shape index (κ1) is 27.0. The first-order chi connectivity index (χ1) is 16.5. The molecular formula is C25H28F3N3O5. The molecule has 11 heteroatoms. The minimum absolute atomic E-state index is 0.00627. The predicted octanol–water partition coefficient (Wildman–Crippen LogP) is 6.30. The van der Waals surface area contributed by atoms with Crippen LogP contribution in [0.15, 0.2) is 48.5 Å². The summed E-state index contributed by atoms with van der Waals surface area (Å²) in [7, 11) is 0. The van der Waals surface area contributed by atoms with E-state index >= 15 is 0 Å². The molecule has 0 fully saturated rings. The second kappa shape index (κ2) is 9.45. The van der Waals surface area contributed by atoms with E-state index in [1.165, 1.54) is 10.7 Å². The molecule has 1 N–H and O–H groups in total. The fourth-order valence-electron chi connectivity index (χ4n) is 3.28. The Balaban J connectivity index is 2.30. The van der Waals surface area contributed by atoms with Crippen molar-refractivity contribution in [3.63, 3.8) is 0 Å². The number of carbonyl (C=O) groups excluding carboxylic acids is 2.